The average molecular weight is 438 g/mol. The second-order valence-corrected chi connectivity index (χ2v) is 8.70. The molecule has 0 radical (unpaired) electrons. The largest absolute Gasteiger partial charge is 0.361 e. The van der Waals surface area contributed by atoms with Crippen molar-refractivity contribution in [1.29, 1.82) is 0 Å². The van der Waals surface area contributed by atoms with Gasteiger partial charge in [0.2, 0.25) is 11.8 Å². The molecule has 1 aromatic heterocycles. The molecule has 3 aromatic carbocycles. The van der Waals surface area contributed by atoms with E-state index in [-0.39, 0.29) is 23.7 Å². The van der Waals surface area contributed by atoms with E-state index < -0.39 is 0 Å². The van der Waals surface area contributed by atoms with Crippen LogP contribution in [0.2, 0.25) is 0 Å². The zero-order chi connectivity index (χ0) is 22.6. The monoisotopic (exact) mass is 437 g/mol. The molecule has 166 valence electrons. The summed E-state index contributed by atoms with van der Waals surface area (Å²) >= 11 is 0. The lowest BCUT2D eigenvalue weighted by Gasteiger charge is -2.19. The SMILES string of the molecule is O=C(NCc1ccccc1)C1CCC[C@H]1C(=O)Nc1cccc(-c2ccc3[nH]ccc3c2)c1. The van der Waals surface area contributed by atoms with Crippen LogP contribution in [0.5, 0.6) is 0 Å². The van der Waals surface area contributed by atoms with Gasteiger partial charge < -0.3 is 15.6 Å². The zero-order valence-electron chi connectivity index (χ0n) is 18.4. The van der Waals surface area contributed by atoms with E-state index in [1.54, 1.807) is 0 Å². The summed E-state index contributed by atoms with van der Waals surface area (Å²) in [6.07, 6.45) is 4.30. The average Bonchev–Trinajstić information content (AvgIpc) is 3.53. The fourth-order valence-corrected chi connectivity index (χ4v) is 4.75. The summed E-state index contributed by atoms with van der Waals surface area (Å²) in [4.78, 5) is 29.1. The van der Waals surface area contributed by atoms with Crippen LogP contribution in [0.15, 0.2) is 85.1 Å². The summed E-state index contributed by atoms with van der Waals surface area (Å²) in [5.74, 6) is -0.704. The number of amides is 2. The minimum absolute atomic E-state index is 0.0370. The Bertz CT molecular complexity index is 1280. The van der Waals surface area contributed by atoms with Gasteiger partial charge in [0, 0.05) is 35.8 Å². The van der Waals surface area contributed by atoms with Gasteiger partial charge in [-0.15, -0.1) is 0 Å². The van der Waals surface area contributed by atoms with Crippen LogP contribution in [0.1, 0.15) is 24.8 Å². The molecular weight excluding hydrogens is 410 g/mol. The highest BCUT2D eigenvalue weighted by atomic mass is 16.2. The van der Waals surface area contributed by atoms with Gasteiger partial charge in [0.1, 0.15) is 0 Å². The van der Waals surface area contributed by atoms with Crippen molar-refractivity contribution < 1.29 is 9.59 Å². The fourth-order valence-electron chi connectivity index (χ4n) is 4.75. The Labute approximate surface area is 193 Å². The normalized spacial score (nSPS) is 17.7. The van der Waals surface area contributed by atoms with Gasteiger partial charge in [-0.3, -0.25) is 9.59 Å². The number of benzene rings is 3. The number of aromatic amines is 1. The molecule has 5 heteroatoms. The Morgan fingerprint density at radius 1 is 0.818 bits per heavy atom. The predicted molar refractivity (Wildman–Crippen MR) is 131 cm³/mol. The highest BCUT2D eigenvalue weighted by Gasteiger charge is 2.37. The molecule has 0 bridgehead atoms. The van der Waals surface area contributed by atoms with Gasteiger partial charge >= 0.3 is 0 Å². The number of hydrogen-bond acceptors (Lipinski definition) is 2. The first-order chi connectivity index (χ1) is 16.2. The maximum absolute atomic E-state index is 13.1. The van der Waals surface area contributed by atoms with E-state index in [0.29, 0.717) is 6.54 Å². The molecule has 1 unspecified atom stereocenters. The third-order valence-corrected chi connectivity index (χ3v) is 6.52. The van der Waals surface area contributed by atoms with E-state index in [1.807, 2.05) is 66.9 Å². The first-order valence-corrected chi connectivity index (χ1v) is 11.5. The molecule has 4 aromatic rings. The minimum Gasteiger partial charge on any atom is -0.361 e. The van der Waals surface area contributed by atoms with Gasteiger partial charge in [-0.05, 0) is 65.3 Å². The second-order valence-electron chi connectivity index (χ2n) is 8.70. The van der Waals surface area contributed by atoms with Gasteiger partial charge in [0.05, 0.1) is 0 Å². The van der Waals surface area contributed by atoms with Crippen molar-refractivity contribution in [2.45, 2.75) is 25.8 Å². The fraction of sp³-hybridized carbons (Fsp3) is 0.214. The molecular formula is C28H27N3O2. The van der Waals surface area contributed by atoms with Crippen LogP contribution in [0, 0.1) is 11.8 Å². The second kappa shape index (κ2) is 9.33. The topological polar surface area (TPSA) is 74.0 Å². The summed E-state index contributed by atoms with van der Waals surface area (Å²) in [6, 6.07) is 26.0. The van der Waals surface area contributed by atoms with Crippen LogP contribution < -0.4 is 10.6 Å². The van der Waals surface area contributed by atoms with Crippen LogP contribution in [-0.2, 0) is 16.1 Å². The molecule has 0 aliphatic heterocycles. The molecule has 1 aliphatic carbocycles. The highest BCUT2D eigenvalue weighted by Crippen LogP contribution is 2.33. The van der Waals surface area contributed by atoms with Crippen LogP contribution in [-0.4, -0.2) is 16.8 Å². The lowest BCUT2D eigenvalue weighted by atomic mass is 9.94. The maximum Gasteiger partial charge on any atom is 0.228 e. The van der Waals surface area contributed by atoms with Crippen molar-refractivity contribution in [3.63, 3.8) is 0 Å². The number of carbonyl (C=O) groups is 2. The Kier molecular flexibility index (Phi) is 5.94. The van der Waals surface area contributed by atoms with Crippen molar-refractivity contribution in [3.8, 4) is 11.1 Å². The quantitative estimate of drug-likeness (QED) is 0.372. The van der Waals surface area contributed by atoms with Gasteiger partial charge in [-0.25, -0.2) is 0 Å². The number of rotatable bonds is 6. The van der Waals surface area contributed by atoms with Crippen LogP contribution in [0.3, 0.4) is 0 Å². The Balaban J connectivity index is 1.25. The van der Waals surface area contributed by atoms with Gasteiger partial charge in [0.15, 0.2) is 0 Å². The smallest absolute Gasteiger partial charge is 0.228 e. The molecule has 1 heterocycles. The third kappa shape index (κ3) is 4.67. The van der Waals surface area contributed by atoms with Gasteiger partial charge in [-0.2, -0.15) is 0 Å². The standard InChI is InChI=1S/C28H27N3O2/c32-27(30-18-19-6-2-1-3-7-19)24-10-5-11-25(24)28(33)31-23-9-4-8-20(17-23)21-12-13-26-22(16-21)14-15-29-26/h1-4,6-9,12-17,24-25,29H,5,10-11,18H2,(H,30,32)(H,31,33)/t24?,25-/m1/s1. The van der Waals surface area contributed by atoms with E-state index in [0.717, 1.165) is 52.5 Å². The number of hydrogen-bond donors (Lipinski definition) is 3. The van der Waals surface area contributed by atoms with Crippen LogP contribution >= 0.6 is 0 Å². The molecule has 3 N–H and O–H groups in total. The van der Waals surface area contributed by atoms with Crippen molar-refractivity contribution in [2.24, 2.45) is 11.8 Å². The molecule has 33 heavy (non-hydrogen) atoms. The molecule has 2 atom stereocenters. The number of aromatic nitrogens is 1. The van der Waals surface area contributed by atoms with E-state index in [9.17, 15) is 9.59 Å². The zero-order valence-corrected chi connectivity index (χ0v) is 18.4. The van der Waals surface area contributed by atoms with Crippen molar-refractivity contribution in [1.82, 2.24) is 10.3 Å². The van der Waals surface area contributed by atoms with Gasteiger partial charge in [-0.1, -0.05) is 55.0 Å². The minimum atomic E-state index is -0.305. The highest BCUT2D eigenvalue weighted by molar-refractivity contribution is 5.97. The van der Waals surface area contributed by atoms with Crippen molar-refractivity contribution in [2.75, 3.05) is 5.32 Å². The predicted octanol–water partition coefficient (Wildman–Crippen LogP) is 5.51. The van der Waals surface area contributed by atoms with E-state index in [2.05, 4.69) is 33.8 Å². The molecule has 1 aliphatic rings. The van der Waals surface area contributed by atoms with Crippen molar-refractivity contribution in [3.05, 3.63) is 90.6 Å². The van der Waals surface area contributed by atoms with Gasteiger partial charge in [0.25, 0.3) is 0 Å². The summed E-state index contributed by atoms with van der Waals surface area (Å²) < 4.78 is 0. The van der Waals surface area contributed by atoms with E-state index in [1.165, 1.54) is 0 Å². The number of H-pyrrole nitrogens is 1. The number of nitrogens with one attached hydrogen (secondary N) is 3. The lowest BCUT2D eigenvalue weighted by Crippen LogP contribution is -2.36. The van der Waals surface area contributed by atoms with Crippen molar-refractivity contribution >= 4 is 28.4 Å². The third-order valence-electron chi connectivity index (χ3n) is 6.52. The Hall–Kier alpha value is -3.86. The molecule has 0 saturated heterocycles. The molecule has 1 fully saturated rings. The summed E-state index contributed by atoms with van der Waals surface area (Å²) in [5.41, 5.74) is 5.04. The Morgan fingerprint density at radius 2 is 1.61 bits per heavy atom. The molecule has 5 rings (SSSR count). The van der Waals surface area contributed by atoms with E-state index in [4.69, 9.17) is 0 Å². The molecule has 2 amide bonds. The maximum atomic E-state index is 13.1. The summed E-state index contributed by atoms with van der Waals surface area (Å²) in [7, 11) is 0. The summed E-state index contributed by atoms with van der Waals surface area (Å²) in [5, 5.41) is 7.22. The molecule has 0 spiro atoms. The number of anilines is 1. The molecule has 5 nitrogen and oxygen atoms in total. The first kappa shape index (κ1) is 21.0. The number of carbonyl (C=O) groups excluding carboxylic acids is 2. The summed E-state index contributed by atoms with van der Waals surface area (Å²) in [6.45, 7) is 0.484. The van der Waals surface area contributed by atoms with E-state index >= 15 is 0 Å². The number of fused-ring (bicyclic) bond motifs is 1. The Morgan fingerprint density at radius 3 is 2.45 bits per heavy atom. The van der Waals surface area contributed by atoms with Crippen LogP contribution in [0.25, 0.3) is 22.0 Å². The first-order valence-electron chi connectivity index (χ1n) is 11.5. The lowest BCUT2D eigenvalue weighted by molar-refractivity contribution is -0.131. The molecule has 1 saturated carbocycles. The van der Waals surface area contributed by atoms with Crippen LogP contribution in [0.4, 0.5) is 5.69 Å².